The summed E-state index contributed by atoms with van der Waals surface area (Å²) in [6, 6.07) is 1.75. The zero-order chi connectivity index (χ0) is 17.2. The molecule has 1 aliphatic rings. The van der Waals surface area contributed by atoms with Crippen molar-refractivity contribution in [2.45, 2.75) is 19.4 Å². The molecule has 1 saturated heterocycles. The third-order valence-corrected chi connectivity index (χ3v) is 4.41. The standard InChI is InChI=1S/C16H23F2N3O2/c1-16(2)10-21(9-8-20(16)3)7-6-19-15(23)13-11(17)4-5-12(22)14(13)18/h4-5,22H,6-10H2,1-3H3,(H,19,23). The van der Waals surface area contributed by atoms with Crippen LogP contribution in [0.5, 0.6) is 5.75 Å². The summed E-state index contributed by atoms with van der Waals surface area (Å²) < 4.78 is 27.3. The van der Waals surface area contributed by atoms with Crippen LogP contribution in [-0.4, -0.2) is 66.1 Å². The molecule has 0 unspecified atom stereocenters. The molecule has 0 atom stereocenters. The Morgan fingerprint density at radius 1 is 1.35 bits per heavy atom. The van der Waals surface area contributed by atoms with Crippen LogP contribution >= 0.6 is 0 Å². The number of piperazine rings is 1. The van der Waals surface area contributed by atoms with Crippen molar-refractivity contribution >= 4 is 5.91 Å². The molecule has 2 rings (SSSR count). The summed E-state index contributed by atoms with van der Waals surface area (Å²) in [4.78, 5) is 16.4. The molecule has 128 valence electrons. The summed E-state index contributed by atoms with van der Waals surface area (Å²) in [5, 5.41) is 11.8. The van der Waals surface area contributed by atoms with Crippen molar-refractivity contribution in [3.05, 3.63) is 29.3 Å². The number of hydrogen-bond acceptors (Lipinski definition) is 4. The molecule has 2 N–H and O–H groups in total. The SMILES string of the molecule is CN1CCN(CCNC(=O)c2c(F)ccc(O)c2F)CC1(C)C. The molecule has 23 heavy (non-hydrogen) atoms. The largest absolute Gasteiger partial charge is 0.505 e. The average Bonchev–Trinajstić information content (AvgIpc) is 2.47. The summed E-state index contributed by atoms with van der Waals surface area (Å²) >= 11 is 0. The fraction of sp³-hybridized carbons (Fsp3) is 0.562. The molecule has 1 aliphatic heterocycles. The molecule has 1 amide bonds. The number of amides is 1. The van der Waals surface area contributed by atoms with E-state index in [-0.39, 0.29) is 12.1 Å². The Hall–Kier alpha value is -1.73. The van der Waals surface area contributed by atoms with E-state index >= 15 is 0 Å². The van der Waals surface area contributed by atoms with Crippen LogP contribution in [0.3, 0.4) is 0 Å². The second-order valence-electron chi connectivity index (χ2n) is 6.52. The van der Waals surface area contributed by atoms with E-state index in [2.05, 4.69) is 36.0 Å². The first-order valence-electron chi connectivity index (χ1n) is 7.61. The van der Waals surface area contributed by atoms with Gasteiger partial charge in [0.25, 0.3) is 5.91 Å². The first-order valence-corrected chi connectivity index (χ1v) is 7.61. The number of likely N-dealkylation sites (N-methyl/N-ethyl adjacent to an activating group) is 1. The van der Waals surface area contributed by atoms with Gasteiger partial charge in [0, 0.05) is 38.3 Å². The van der Waals surface area contributed by atoms with Crippen molar-refractivity contribution < 1.29 is 18.7 Å². The summed E-state index contributed by atoms with van der Waals surface area (Å²) in [6.45, 7) is 7.85. The topological polar surface area (TPSA) is 55.8 Å². The predicted molar refractivity (Wildman–Crippen MR) is 83.5 cm³/mol. The Morgan fingerprint density at radius 2 is 2.04 bits per heavy atom. The van der Waals surface area contributed by atoms with Crippen LogP contribution < -0.4 is 5.32 Å². The minimum atomic E-state index is -1.23. The van der Waals surface area contributed by atoms with Gasteiger partial charge < -0.3 is 10.4 Å². The quantitative estimate of drug-likeness (QED) is 0.878. The number of nitrogens with zero attached hydrogens (tertiary/aromatic N) is 2. The van der Waals surface area contributed by atoms with Crippen molar-refractivity contribution in [2.75, 3.05) is 39.8 Å². The van der Waals surface area contributed by atoms with Crippen LogP contribution in [0.1, 0.15) is 24.2 Å². The van der Waals surface area contributed by atoms with Crippen LogP contribution in [0.4, 0.5) is 8.78 Å². The summed E-state index contributed by atoms with van der Waals surface area (Å²) in [6.07, 6.45) is 0. The Kier molecular flexibility index (Phi) is 5.21. The average molecular weight is 327 g/mol. The molecule has 1 aromatic carbocycles. The maximum Gasteiger partial charge on any atom is 0.257 e. The van der Waals surface area contributed by atoms with E-state index in [1.165, 1.54) is 0 Å². The number of phenols is 1. The van der Waals surface area contributed by atoms with E-state index in [0.29, 0.717) is 6.54 Å². The fourth-order valence-electron chi connectivity index (χ4n) is 2.70. The molecule has 0 saturated carbocycles. The monoisotopic (exact) mass is 327 g/mol. The van der Waals surface area contributed by atoms with Crippen molar-refractivity contribution in [2.24, 2.45) is 0 Å². The highest BCUT2D eigenvalue weighted by Crippen LogP contribution is 2.22. The van der Waals surface area contributed by atoms with Gasteiger partial charge in [-0.05, 0) is 33.0 Å². The number of hydrogen-bond donors (Lipinski definition) is 2. The van der Waals surface area contributed by atoms with Crippen molar-refractivity contribution in [3.63, 3.8) is 0 Å². The lowest BCUT2D eigenvalue weighted by molar-refractivity contribution is 0.0405. The van der Waals surface area contributed by atoms with E-state index in [1.54, 1.807) is 0 Å². The fourth-order valence-corrected chi connectivity index (χ4v) is 2.70. The first kappa shape index (κ1) is 17.6. The van der Waals surface area contributed by atoms with E-state index in [4.69, 9.17) is 0 Å². The normalized spacial score (nSPS) is 18.8. The number of carbonyl (C=O) groups excluding carboxylic acids is 1. The van der Waals surface area contributed by atoms with Gasteiger partial charge >= 0.3 is 0 Å². The minimum Gasteiger partial charge on any atom is -0.505 e. The zero-order valence-corrected chi connectivity index (χ0v) is 13.7. The number of halogens is 2. The van der Waals surface area contributed by atoms with Gasteiger partial charge in [-0.25, -0.2) is 8.78 Å². The van der Waals surface area contributed by atoms with E-state index in [9.17, 15) is 18.7 Å². The highest BCUT2D eigenvalue weighted by Gasteiger charge is 2.30. The van der Waals surface area contributed by atoms with Crippen LogP contribution in [0, 0.1) is 11.6 Å². The van der Waals surface area contributed by atoms with Crippen LogP contribution in [-0.2, 0) is 0 Å². The van der Waals surface area contributed by atoms with Gasteiger partial charge in [0.05, 0.1) is 0 Å². The van der Waals surface area contributed by atoms with Gasteiger partial charge in [0.2, 0.25) is 0 Å². The molecule has 7 heteroatoms. The smallest absolute Gasteiger partial charge is 0.257 e. The molecular weight excluding hydrogens is 304 g/mol. The maximum absolute atomic E-state index is 13.7. The van der Waals surface area contributed by atoms with Crippen LogP contribution in [0.25, 0.3) is 0 Å². The molecule has 0 bridgehead atoms. The molecular formula is C16H23F2N3O2. The number of rotatable bonds is 4. The Bertz CT molecular complexity index is 593. The Morgan fingerprint density at radius 3 is 2.70 bits per heavy atom. The lowest BCUT2D eigenvalue weighted by Gasteiger charge is -2.45. The third kappa shape index (κ3) is 3.97. The first-order chi connectivity index (χ1) is 10.7. The molecule has 0 radical (unpaired) electrons. The molecule has 0 aliphatic carbocycles. The Labute approximate surface area is 134 Å². The van der Waals surface area contributed by atoms with Gasteiger partial charge in [0.15, 0.2) is 11.6 Å². The number of nitrogens with one attached hydrogen (secondary N) is 1. The van der Waals surface area contributed by atoms with E-state index in [1.807, 2.05) is 0 Å². The lowest BCUT2D eigenvalue weighted by Crippen LogP contribution is -2.58. The van der Waals surface area contributed by atoms with Gasteiger partial charge in [-0.1, -0.05) is 0 Å². The second kappa shape index (κ2) is 6.80. The van der Waals surface area contributed by atoms with Crippen LogP contribution in [0.15, 0.2) is 12.1 Å². The van der Waals surface area contributed by atoms with Crippen molar-refractivity contribution in [3.8, 4) is 5.75 Å². The number of phenolic OH excluding ortho intramolecular Hbond substituents is 1. The predicted octanol–water partition coefficient (Wildman–Crippen LogP) is 1.43. The molecule has 1 heterocycles. The van der Waals surface area contributed by atoms with Gasteiger partial charge in [0.1, 0.15) is 11.4 Å². The zero-order valence-electron chi connectivity index (χ0n) is 13.7. The number of carbonyl (C=O) groups is 1. The maximum atomic E-state index is 13.7. The minimum absolute atomic E-state index is 0.0473. The van der Waals surface area contributed by atoms with Crippen molar-refractivity contribution in [1.29, 1.82) is 0 Å². The number of aromatic hydroxyl groups is 1. The van der Waals surface area contributed by atoms with Gasteiger partial charge in [-0.3, -0.25) is 14.6 Å². The van der Waals surface area contributed by atoms with Gasteiger partial charge in [-0.2, -0.15) is 0 Å². The van der Waals surface area contributed by atoms with Crippen molar-refractivity contribution in [1.82, 2.24) is 15.1 Å². The highest BCUT2D eigenvalue weighted by atomic mass is 19.1. The van der Waals surface area contributed by atoms with E-state index in [0.717, 1.165) is 31.8 Å². The van der Waals surface area contributed by atoms with Crippen LogP contribution in [0.2, 0.25) is 0 Å². The third-order valence-electron chi connectivity index (χ3n) is 4.41. The second-order valence-corrected chi connectivity index (χ2v) is 6.52. The summed E-state index contributed by atoms with van der Waals surface area (Å²) in [5.41, 5.74) is -0.699. The molecule has 0 spiro atoms. The number of benzene rings is 1. The Balaban J connectivity index is 1.90. The summed E-state index contributed by atoms with van der Waals surface area (Å²) in [7, 11) is 2.08. The van der Waals surface area contributed by atoms with E-state index < -0.39 is 28.9 Å². The van der Waals surface area contributed by atoms with Gasteiger partial charge in [-0.15, -0.1) is 0 Å². The molecule has 5 nitrogen and oxygen atoms in total. The lowest BCUT2D eigenvalue weighted by atomic mass is 10.00. The highest BCUT2D eigenvalue weighted by molar-refractivity contribution is 5.95. The molecule has 1 aromatic rings. The molecule has 0 aromatic heterocycles. The molecule has 1 fully saturated rings. The summed E-state index contributed by atoms with van der Waals surface area (Å²) in [5.74, 6) is -3.82.